The minimum atomic E-state index is -0.876. The average Bonchev–Trinajstić information content (AvgIpc) is 2.82. The fourth-order valence-electron chi connectivity index (χ4n) is 2.47. The molecule has 2 aliphatic rings. The Kier molecular flexibility index (Phi) is 5.01. The van der Waals surface area contributed by atoms with E-state index in [0.717, 1.165) is 16.9 Å². The van der Waals surface area contributed by atoms with Crippen LogP contribution in [-0.2, 0) is 9.59 Å². The van der Waals surface area contributed by atoms with E-state index in [1.807, 2.05) is 30.3 Å². The highest BCUT2D eigenvalue weighted by molar-refractivity contribution is 8.26. The van der Waals surface area contributed by atoms with Gasteiger partial charge in [-0.25, -0.2) is 0 Å². The molecule has 7 heteroatoms. The van der Waals surface area contributed by atoms with Crippen molar-refractivity contribution in [2.24, 2.45) is 0 Å². The Balaban J connectivity index is 1.73. The highest BCUT2D eigenvalue weighted by Crippen LogP contribution is 2.34. The lowest BCUT2D eigenvalue weighted by Crippen LogP contribution is -2.29. The van der Waals surface area contributed by atoms with Crippen molar-refractivity contribution < 1.29 is 19.4 Å². The number of carbonyl (C=O) groups excluding carboxylic acids is 1. The molecular weight excluding hydrogens is 346 g/mol. The van der Waals surface area contributed by atoms with Crippen LogP contribution in [0, 0.1) is 0 Å². The second-order valence-electron chi connectivity index (χ2n) is 5.38. The Labute approximate surface area is 149 Å². The molecule has 0 spiro atoms. The first-order chi connectivity index (χ1) is 11.5. The van der Waals surface area contributed by atoms with Crippen molar-refractivity contribution in [1.82, 2.24) is 4.90 Å². The van der Waals surface area contributed by atoms with Gasteiger partial charge < -0.3 is 9.84 Å². The average molecular weight is 361 g/mol. The van der Waals surface area contributed by atoms with Gasteiger partial charge in [-0.3, -0.25) is 14.5 Å². The second-order valence-corrected chi connectivity index (χ2v) is 7.05. The predicted octanol–water partition coefficient (Wildman–Crippen LogP) is 3.07. The minimum absolute atomic E-state index is 0.0197. The number of para-hydroxylation sites is 1. The van der Waals surface area contributed by atoms with E-state index in [-0.39, 0.29) is 12.3 Å². The van der Waals surface area contributed by atoms with Crippen LogP contribution >= 0.6 is 24.0 Å². The van der Waals surface area contributed by atoms with E-state index < -0.39 is 5.97 Å². The number of amides is 1. The standard InChI is InChI=1S/C17H15NO4S2/c19-15(20)6-3-7-18-16(21)14(24-17(18)23)9-11-8-12-4-1-2-5-13(12)22-10-11/h1-2,4-5,8-9H,3,6-7,10H2,(H,19,20). The summed E-state index contributed by atoms with van der Waals surface area (Å²) in [6.07, 6.45) is 4.20. The lowest BCUT2D eigenvalue weighted by molar-refractivity contribution is -0.137. The molecule has 0 unspecified atom stereocenters. The quantitative estimate of drug-likeness (QED) is 0.642. The van der Waals surface area contributed by atoms with Gasteiger partial charge in [0.25, 0.3) is 5.91 Å². The highest BCUT2D eigenvalue weighted by Gasteiger charge is 2.32. The fourth-order valence-corrected chi connectivity index (χ4v) is 3.79. The first-order valence-corrected chi connectivity index (χ1v) is 8.66. The van der Waals surface area contributed by atoms with Crippen LogP contribution in [0.15, 0.2) is 40.8 Å². The van der Waals surface area contributed by atoms with Crippen LogP contribution in [-0.4, -0.2) is 39.4 Å². The molecule has 0 bridgehead atoms. The lowest BCUT2D eigenvalue weighted by atomic mass is 10.1. The maximum atomic E-state index is 12.4. The minimum Gasteiger partial charge on any atom is -0.488 e. The van der Waals surface area contributed by atoms with Crippen molar-refractivity contribution >= 4 is 46.3 Å². The molecule has 1 N–H and O–H groups in total. The highest BCUT2D eigenvalue weighted by atomic mass is 32.2. The number of thiocarbonyl (C=S) groups is 1. The molecule has 0 aromatic heterocycles. The Bertz CT molecular complexity index is 770. The van der Waals surface area contributed by atoms with Crippen LogP contribution in [0.1, 0.15) is 18.4 Å². The number of hydrogen-bond acceptors (Lipinski definition) is 5. The van der Waals surface area contributed by atoms with Crippen LogP contribution in [0.4, 0.5) is 0 Å². The Morgan fingerprint density at radius 1 is 1.42 bits per heavy atom. The van der Waals surface area contributed by atoms with E-state index >= 15 is 0 Å². The molecule has 124 valence electrons. The molecule has 0 atom stereocenters. The predicted molar refractivity (Wildman–Crippen MR) is 96.8 cm³/mol. The van der Waals surface area contributed by atoms with Crippen molar-refractivity contribution in [2.45, 2.75) is 12.8 Å². The summed E-state index contributed by atoms with van der Waals surface area (Å²) >= 11 is 6.47. The first-order valence-electron chi connectivity index (χ1n) is 7.44. The maximum absolute atomic E-state index is 12.4. The number of carboxylic acids is 1. The van der Waals surface area contributed by atoms with E-state index in [0.29, 0.717) is 28.8 Å². The fraction of sp³-hybridized carbons (Fsp3) is 0.235. The molecular formula is C17H15NO4S2. The summed E-state index contributed by atoms with van der Waals surface area (Å²) in [7, 11) is 0. The van der Waals surface area contributed by atoms with Gasteiger partial charge >= 0.3 is 5.97 Å². The van der Waals surface area contributed by atoms with Gasteiger partial charge in [0.05, 0.1) is 4.91 Å². The molecule has 1 aromatic rings. The summed E-state index contributed by atoms with van der Waals surface area (Å²) < 4.78 is 6.15. The molecule has 0 aliphatic carbocycles. The molecule has 0 radical (unpaired) electrons. The number of ether oxygens (including phenoxy) is 1. The van der Waals surface area contributed by atoms with Gasteiger partial charge in [0.15, 0.2) is 0 Å². The van der Waals surface area contributed by atoms with Crippen LogP contribution < -0.4 is 4.74 Å². The molecule has 1 fully saturated rings. The molecule has 2 heterocycles. The van der Waals surface area contributed by atoms with Gasteiger partial charge in [0.2, 0.25) is 0 Å². The maximum Gasteiger partial charge on any atom is 0.303 e. The molecule has 2 aliphatic heterocycles. The van der Waals surface area contributed by atoms with Crippen LogP contribution in [0.2, 0.25) is 0 Å². The van der Waals surface area contributed by atoms with Gasteiger partial charge in [-0.05, 0) is 30.2 Å². The second kappa shape index (κ2) is 7.19. The zero-order valence-corrected chi connectivity index (χ0v) is 14.4. The molecule has 24 heavy (non-hydrogen) atoms. The van der Waals surface area contributed by atoms with Crippen LogP contribution in [0.3, 0.4) is 0 Å². The van der Waals surface area contributed by atoms with E-state index in [4.69, 9.17) is 22.1 Å². The number of hydrogen-bond donors (Lipinski definition) is 1. The molecule has 1 amide bonds. The molecule has 5 nitrogen and oxygen atoms in total. The Morgan fingerprint density at radius 2 is 2.21 bits per heavy atom. The zero-order valence-electron chi connectivity index (χ0n) is 12.7. The number of carbonyl (C=O) groups is 2. The number of thioether (sulfide) groups is 1. The lowest BCUT2D eigenvalue weighted by Gasteiger charge is -2.16. The SMILES string of the molecule is O=C(O)CCCN1C(=O)C(=CC2=Cc3ccccc3OC2)SC1=S. The van der Waals surface area contributed by atoms with E-state index in [2.05, 4.69) is 0 Å². The van der Waals surface area contributed by atoms with Crippen molar-refractivity contribution in [3.8, 4) is 5.75 Å². The van der Waals surface area contributed by atoms with E-state index in [1.165, 1.54) is 16.7 Å². The number of fused-ring (bicyclic) bond motifs is 1. The Morgan fingerprint density at radius 3 is 3.00 bits per heavy atom. The van der Waals surface area contributed by atoms with E-state index in [9.17, 15) is 9.59 Å². The molecule has 1 aromatic carbocycles. The summed E-state index contributed by atoms with van der Waals surface area (Å²) in [6.45, 7) is 0.729. The number of carboxylic acid groups (broad SMARTS) is 1. The van der Waals surface area contributed by atoms with Crippen molar-refractivity contribution in [1.29, 1.82) is 0 Å². The van der Waals surface area contributed by atoms with Crippen molar-refractivity contribution in [2.75, 3.05) is 13.2 Å². The summed E-state index contributed by atoms with van der Waals surface area (Å²) in [4.78, 5) is 25.0. The van der Waals surface area contributed by atoms with Gasteiger partial charge in [-0.2, -0.15) is 0 Å². The Hall–Kier alpha value is -2.12. The third kappa shape index (κ3) is 3.68. The van der Waals surface area contributed by atoms with Gasteiger partial charge in [-0.1, -0.05) is 42.2 Å². The molecule has 1 saturated heterocycles. The van der Waals surface area contributed by atoms with Gasteiger partial charge in [0, 0.05) is 18.5 Å². The number of rotatable bonds is 5. The topological polar surface area (TPSA) is 66.8 Å². The summed E-state index contributed by atoms with van der Waals surface area (Å²) in [5.41, 5.74) is 1.88. The van der Waals surface area contributed by atoms with Crippen molar-refractivity contribution in [3.05, 3.63) is 46.4 Å². The van der Waals surface area contributed by atoms with Crippen LogP contribution in [0.25, 0.3) is 6.08 Å². The van der Waals surface area contributed by atoms with E-state index in [1.54, 1.807) is 6.08 Å². The summed E-state index contributed by atoms with van der Waals surface area (Å²) in [6, 6.07) is 7.72. The first kappa shape index (κ1) is 16.7. The number of benzene rings is 1. The normalized spacial score (nSPS) is 18.4. The molecule has 0 saturated carbocycles. The van der Waals surface area contributed by atoms with Gasteiger partial charge in [-0.15, -0.1) is 0 Å². The summed E-state index contributed by atoms with van der Waals surface area (Å²) in [5.74, 6) is -0.217. The monoisotopic (exact) mass is 361 g/mol. The van der Waals surface area contributed by atoms with Gasteiger partial charge in [0.1, 0.15) is 16.7 Å². The summed E-state index contributed by atoms with van der Waals surface area (Å²) in [5, 5.41) is 8.69. The van der Waals surface area contributed by atoms with Crippen LogP contribution in [0.5, 0.6) is 5.75 Å². The smallest absolute Gasteiger partial charge is 0.303 e. The zero-order chi connectivity index (χ0) is 17.1. The molecule has 3 rings (SSSR count). The largest absolute Gasteiger partial charge is 0.488 e. The van der Waals surface area contributed by atoms with Crippen molar-refractivity contribution in [3.63, 3.8) is 0 Å². The third-order valence-electron chi connectivity index (χ3n) is 3.62. The third-order valence-corrected chi connectivity index (χ3v) is 4.99. The number of aliphatic carboxylic acids is 1. The number of nitrogens with zero attached hydrogens (tertiary/aromatic N) is 1.